The molecule has 2 bridgehead atoms. The number of rotatable bonds is 1. The first-order valence-electron chi connectivity index (χ1n) is 5.55. The summed E-state index contributed by atoms with van der Waals surface area (Å²) < 4.78 is 4.88. The highest BCUT2D eigenvalue weighted by Crippen LogP contribution is 2.59. The van der Waals surface area contributed by atoms with Gasteiger partial charge in [0.25, 0.3) is 0 Å². The van der Waals surface area contributed by atoms with Gasteiger partial charge in [0, 0.05) is 0 Å². The highest BCUT2D eigenvalue weighted by atomic mass is 16.5. The molecule has 3 aliphatic carbocycles. The van der Waals surface area contributed by atoms with Crippen molar-refractivity contribution in [2.45, 2.75) is 19.3 Å². The van der Waals surface area contributed by atoms with Gasteiger partial charge in [-0.3, -0.25) is 4.79 Å². The molecule has 0 aliphatic heterocycles. The van der Waals surface area contributed by atoms with Crippen molar-refractivity contribution in [1.29, 1.82) is 0 Å². The maximum absolute atomic E-state index is 11.5. The SMILES string of the molecule is COC(=O)C1CC2CC1C1CC=CC21. The highest BCUT2D eigenvalue weighted by Gasteiger charge is 2.54. The van der Waals surface area contributed by atoms with Crippen LogP contribution in [0.3, 0.4) is 0 Å². The molecule has 0 aromatic carbocycles. The Morgan fingerprint density at radius 1 is 1.36 bits per heavy atom. The van der Waals surface area contributed by atoms with Gasteiger partial charge in [0.05, 0.1) is 13.0 Å². The molecule has 3 aliphatic rings. The summed E-state index contributed by atoms with van der Waals surface area (Å²) in [6.45, 7) is 0. The molecule has 5 atom stereocenters. The van der Waals surface area contributed by atoms with Crippen LogP contribution in [0.5, 0.6) is 0 Å². The molecule has 2 nitrogen and oxygen atoms in total. The molecule has 0 heterocycles. The van der Waals surface area contributed by atoms with Crippen molar-refractivity contribution in [3.8, 4) is 0 Å². The Hall–Kier alpha value is -0.790. The zero-order valence-corrected chi connectivity index (χ0v) is 8.48. The van der Waals surface area contributed by atoms with E-state index in [1.54, 1.807) is 0 Å². The van der Waals surface area contributed by atoms with Crippen LogP contribution in [0.1, 0.15) is 19.3 Å². The molecule has 14 heavy (non-hydrogen) atoms. The van der Waals surface area contributed by atoms with Crippen LogP contribution in [-0.2, 0) is 9.53 Å². The molecule has 76 valence electrons. The van der Waals surface area contributed by atoms with Crippen molar-refractivity contribution in [2.75, 3.05) is 7.11 Å². The van der Waals surface area contributed by atoms with E-state index in [2.05, 4.69) is 12.2 Å². The molecule has 0 aromatic rings. The number of methoxy groups -OCH3 is 1. The van der Waals surface area contributed by atoms with Crippen molar-refractivity contribution in [2.24, 2.45) is 29.6 Å². The van der Waals surface area contributed by atoms with Gasteiger partial charge in [-0.1, -0.05) is 12.2 Å². The third kappa shape index (κ3) is 0.943. The Balaban J connectivity index is 1.81. The number of hydrogen-bond acceptors (Lipinski definition) is 2. The summed E-state index contributed by atoms with van der Waals surface area (Å²) >= 11 is 0. The second-order valence-electron chi connectivity index (χ2n) is 4.93. The van der Waals surface area contributed by atoms with Crippen LogP contribution < -0.4 is 0 Å². The Bertz CT molecular complexity index is 295. The molecule has 3 rings (SSSR count). The first kappa shape index (κ1) is 8.51. The molecule has 0 saturated heterocycles. The lowest BCUT2D eigenvalue weighted by molar-refractivity contribution is -0.148. The van der Waals surface area contributed by atoms with Crippen LogP contribution in [-0.4, -0.2) is 13.1 Å². The van der Waals surface area contributed by atoms with Crippen molar-refractivity contribution in [3.05, 3.63) is 12.2 Å². The largest absolute Gasteiger partial charge is 0.469 e. The van der Waals surface area contributed by atoms with Crippen molar-refractivity contribution in [3.63, 3.8) is 0 Å². The van der Waals surface area contributed by atoms with Gasteiger partial charge in [-0.15, -0.1) is 0 Å². The van der Waals surface area contributed by atoms with E-state index in [0.29, 0.717) is 5.92 Å². The van der Waals surface area contributed by atoms with Gasteiger partial charge in [0.1, 0.15) is 0 Å². The number of fused-ring (bicyclic) bond motifs is 5. The minimum absolute atomic E-state index is 0.0304. The third-order valence-electron chi connectivity index (χ3n) is 4.51. The fourth-order valence-electron chi connectivity index (χ4n) is 3.98. The summed E-state index contributed by atoms with van der Waals surface area (Å²) in [6.07, 6.45) is 8.21. The summed E-state index contributed by atoms with van der Waals surface area (Å²) in [7, 11) is 1.51. The number of allylic oxidation sites excluding steroid dienone is 2. The number of ether oxygens (including phenoxy) is 1. The third-order valence-corrected chi connectivity index (χ3v) is 4.51. The van der Waals surface area contributed by atoms with Gasteiger partial charge < -0.3 is 4.74 Å². The summed E-state index contributed by atoms with van der Waals surface area (Å²) in [5.74, 6) is 3.19. The summed E-state index contributed by atoms with van der Waals surface area (Å²) in [6, 6.07) is 0. The summed E-state index contributed by atoms with van der Waals surface area (Å²) in [5, 5.41) is 0. The standard InChI is InChI=1S/C12H16O2/c1-14-12(13)11-6-7-5-10(11)9-4-2-3-8(7)9/h2-3,7-11H,4-6H2,1H3. The molecule has 2 saturated carbocycles. The van der Waals surface area contributed by atoms with Crippen molar-refractivity contribution >= 4 is 5.97 Å². The lowest BCUT2D eigenvalue weighted by atomic mass is 9.75. The van der Waals surface area contributed by atoms with Crippen LogP contribution >= 0.6 is 0 Å². The van der Waals surface area contributed by atoms with E-state index in [9.17, 15) is 4.79 Å². The van der Waals surface area contributed by atoms with E-state index in [1.807, 2.05) is 0 Å². The normalized spacial score (nSPS) is 48.2. The van der Waals surface area contributed by atoms with Crippen LogP contribution in [0.2, 0.25) is 0 Å². The van der Waals surface area contributed by atoms with E-state index < -0.39 is 0 Å². The second-order valence-corrected chi connectivity index (χ2v) is 4.93. The second kappa shape index (κ2) is 2.85. The first-order valence-corrected chi connectivity index (χ1v) is 5.55. The number of carbonyl (C=O) groups is 1. The topological polar surface area (TPSA) is 26.3 Å². The highest BCUT2D eigenvalue weighted by molar-refractivity contribution is 5.73. The van der Waals surface area contributed by atoms with Gasteiger partial charge in [-0.05, 0) is 42.9 Å². The van der Waals surface area contributed by atoms with E-state index in [-0.39, 0.29) is 11.9 Å². The fourth-order valence-corrected chi connectivity index (χ4v) is 3.98. The molecular weight excluding hydrogens is 176 g/mol. The van der Waals surface area contributed by atoms with Crippen LogP contribution in [0.15, 0.2) is 12.2 Å². The number of esters is 1. The summed E-state index contributed by atoms with van der Waals surface area (Å²) in [5.41, 5.74) is 0. The predicted octanol–water partition coefficient (Wildman–Crippen LogP) is 2.01. The van der Waals surface area contributed by atoms with Gasteiger partial charge in [-0.25, -0.2) is 0 Å². The van der Waals surface area contributed by atoms with Crippen LogP contribution in [0.25, 0.3) is 0 Å². The molecule has 0 N–H and O–H groups in total. The Morgan fingerprint density at radius 3 is 3.00 bits per heavy atom. The molecular formula is C12H16O2. The van der Waals surface area contributed by atoms with Crippen LogP contribution in [0.4, 0.5) is 0 Å². The average molecular weight is 192 g/mol. The van der Waals surface area contributed by atoms with Crippen molar-refractivity contribution in [1.82, 2.24) is 0 Å². The smallest absolute Gasteiger partial charge is 0.308 e. The van der Waals surface area contributed by atoms with E-state index in [4.69, 9.17) is 4.74 Å². The molecule has 2 fully saturated rings. The molecule has 0 spiro atoms. The van der Waals surface area contributed by atoms with E-state index in [0.717, 1.165) is 24.2 Å². The maximum Gasteiger partial charge on any atom is 0.308 e. The molecule has 0 aromatic heterocycles. The maximum atomic E-state index is 11.5. The predicted molar refractivity (Wildman–Crippen MR) is 52.5 cm³/mol. The van der Waals surface area contributed by atoms with E-state index >= 15 is 0 Å². The first-order chi connectivity index (χ1) is 6.81. The van der Waals surface area contributed by atoms with Crippen molar-refractivity contribution < 1.29 is 9.53 Å². The van der Waals surface area contributed by atoms with Gasteiger partial charge in [-0.2, -0.15) is 0 Å². The van der Waals surface area contributed by atoms with E-state index in [1.165, 1.54) is 20.0 Å². The van der Waals surface area contributed by atoms with Gasteiger partial charge >= 0.3 is 5.97 Å². The van der Waals surface area contributed by atoms with Crippen LogP contribution in [0, 0.1) is 29.6 Å². The minimum Gasteiger partial charge on any atom is -0.469 e. The quantitative estimate of drug-likeness (QED) is 0.469. The average Bonchev–Trinajstić information content (AvgIpc) is 2.86. The molecule has 5 unspecified atom stereocenters. The fraction of sp³-hybridized carbons (Fsp3) is 0.750. The van der Waals surface area contributed by atoms with Gasteiger partial charge in [0.2, 0.25) is 0 Å². The monoisotopic (exact) mass is 192 g/mol. The molecule has 2 heteroatoms. The summed E-state index contributed by atoms with van der Waals surface area (Å²) in [4.78, 5) is 11.5. The van der Waals surface area contributed by atoms with Gasteiger partial charge in [0.15, 0.2) is 0 Å². The zero-order chi connectivity index (χ0) is 9.71. The lowest BCUT2D eigenvalue weighted by Crippen LogP contribution is -2.30. The Kier molecular flexibility index (Phi) is 1.73. The Labute approximate surface area is 84.3 Å². The lowest BCUT2D eigenvalue weighted by Gasteiger charge is -2.29. The molecule has 0 radical (unpaired) electrons. The number of carbonyl (C=O) groups excluding carboxylic acids is 1. The minimum atomic E-state index is 0.0304. The zero-order valence-electron chi connectivity index (χ0n) is 8.48. The number of hydrogen-bond donors (Lipinski definition) is 0. The Morgan fingerprint density at radius 2 is 2.21 bits per heavy atom. The molecule has 0 amide bonds.